The molecule has 0 heterocycles. The molecular formula is C14H9BrFN3O3. The van der Waals surface area contributed by atoms with E-state index in [1.165, 1.54) is 48.7 Å². The third-order valence-electron chi connectivity index (χ3n) is 2.66. The Morgan fingerprint density at radius 3 is 2.55 bits per heavy atom. The van der Waals surface area contributed by atoms with Gasteiger partial charge in [0.05, 0.1) is 15.6 Å². The summed E-state index contributed by atoms with van der Waals surface area (Å²) in [4.78, 5) is 21.7. The van der Waals surface area contributed by atoms with Crippen molar-refractivity contribution in [1.29, 1.82) is 0 Å². The van der Waals surface area contributed by atoms with Crippen molar-refractivity contribution in [2.24, 2.45) is 5.10 Å². The molecule has 0 unspecified atom stereocenters. The van der Waals surface area contributed by atoms with E-state index in [0.717, 1.165) is 0 Å². The van der Waals surface area contributed by atoms with E-state index in [2.05, 4.69) is 26.5 Å². The van der Waals surface area contributed by atoms with Crippen LogP contribution in [0.1, 0.15) is 15.9 Å². The fourth-order valence-corrected chi connectivity index (χ4v) is 1.95. The second-order valence-electron chi connectivity index (χ2n) is 4.18. The lowest BCUT2D eigenvalue weighted by molar-refractivity contribution is -0.384. The molecule has 0 radical (unpaired) electrons. The van der Waals surface area contributed by atoms with Gasteiger partial charge in [-0.15, -0.1) is 0 Å². The van der Waals surface area contributed by atoms with Crippen LogP contribution in [0, 0.1) is 15.9 Å². The minimum absolute atomic E-state index is 0.101. The molecule has 2 aromatic carbocycles. The Labute approximate surface area is 132 Å². The number of nitro benzene ring substituents is 1. The summed E-state index contributed by atoms with van der Waals surface area (Å²) in [5.74, 6) is -0.903. The molecule has 0 atom stereocenters. The first-order valence-corrected chi connectivity index (χ1v) is 6.79. The highest BCUT2D eigenvalue weighted by atomic mass is 79.9. The van der Waals surface area contributed by atoms with Gasteiger partial charge in [0.2, 0.25) is 0 Å². The molecule has 112 valence electrons. The van der Waals surface area contributed by atoms with Crippen molar-refractivity contribution in [3.63, 3.8) is 0 Å². The highest BCUT2D eigenvalue weighted by molar-refractivity contribution is 9.10. The molecule has 0 saturated carbocycles. The molecule has 0 saturated heterocycles. The summed E-state index contributed by atoms with van der Waals surface area (Å²) in [6.07, 6.45) is 1.35. The number of carbonyl (C=O) groups excluding carboxylic acids is 1. The highest BCUT2D eigenvalue weighted by Gasteiger charge is 2.08. The standard InChI is InChI=1S/C14H9BrFN3O3/c15-12-7-9(1-6-13(12)16)8-17-18-14(20)10-2-4-11(5-3-10)19(21)22/h1-8H,(H,18,20)/b17-8+. The van der Waals surface area contributed by atoms with Gasteiger partial charge in [-0.25, -0.2) is 9.82 Å². The van der Waals surface area contributed by atoms with Crippen LogP contribution in [0.5, 0.6) is 0 Å². The number of hydrazone groups is 1. The zero-order valence-corrected chi connectivity index (χ0v) is 12.6. The molecule has 2 aromatic rings. The third kappa shape index (κ3) is 3.95. The Morgan fingerprint density at radius 1 is 1.27 bits per heavy atom. The van der Waals surface area contributed by atoms with E-state index in [1.54, 1.807) is 0 Å². The first-order chi connectivity index (χ1) is 10.5. The average molecular weight is 366 g/mol. The topological polar surface area (TPSA) is 84.6 Å². The van der Waals surface area contributed by atoms with Crippen LogP contribution < -0.4 is 5.43 Å². The van der Waals surface area contributed by atoms with Gasteiger partial charge >= 0.3 is 0 Å². The molecule has 0 fully saturated rings. The summed E-state index contributed by atoms with van der Waals surface area (Å²) in [5, 5.41) is 14.3. The summed E-state index contributed by atoms with van der Waals surface area (Å²) >= 11 is 3.04. The van der Waals surface area contributed by atoms with Gasteiger partial charge in [0.15, 0.2) is 0 Å². The smallest absolute Gasteiger partial charge is 0.267 e. The molecule has 2 rings (SSSR count). The maximum absolute atomic E-state index is 13.1. The summed E-state index contributed by atoms with van der Waals surface area (Å²) < 4.78 is 13.3. The third-order valence-corrected chi connectivity index (χ3v) is 3.27. The van der Waals surface area contributed by atoms with Crippen LogP contribution in [-0.2, 0) is 0 Å². The van der Waals surface area contributed by atoms with Crippen LogP contribution in [0.3, 0.4) is 0 Å². The molecule has 1 amide bonds. The summed E-state index contributed by atoms with van der Waals surface area (Å²) in [5.41, 5.74) is 3.01. The number of carbonyl (C=O) groups is 1. The number of nitrogens with zero attached hydrogens (tertiary/aromatic N) is 2. The largest absolute Gasteiger partial charge is 0.271 e. The van der Waals surface area contributed by atoms with E-state index >= 15 is 0 Å². The lowest BCUT2D eigenvalue weighted by atomic mass is 10.2. The van der Waals surface area contributed by atoms with Gasteiger partial charge in [0.25, 0.3) is 11.6 Å². The van der Waals surface area contributed by atoms with E-state index in [9.17, 15) is 19.3 Å². The monoisotopic (exact) mass is 365 g/mol. The Hall–Kier alpha value is -2.61. The summed E-state index contributed by atoms with van der Waals surface area (Å²) in [6.45, 7) is 0. The molecule has 22 heavy (non-hydrogen) atoms. The Kier molecular flexibility index (Phi) is 4.95. The van der Waals surface area contributed by atoms with Crippen LogP contribution in [0.4, 0.5) is 10.1 Å². The normalized spacial score (nSPS) is 10.6. The lowest BCUT2D eigenvalue weighted by Gasteiger charge is -2.00. The summed E-state index contributed by atoms with van der Waals surface area (Å²) in [7, 11) is 0. The molecule has 0 aliphatic carbocycles. The van der Waals surface area contributed by atoms with Gasteiger partial charge in [0, 0.05) is 17.7 Å². The van der Waals surface area contributed by atoms with Gasteiger partial charge in [-0.2, -0.15) is 5.10 Å². The van der Waals surface area contributed by atoms with Crippen LogP contribution in [0.2, 0.25) is 0 Å². The molecule has 0 aromatic heterocycles. The predicted octanol–water partition coefficient (Wildman–Crippen LogP) is 3.26. The molecule has 1 N–H and O–H groups in total. The fourth-order valence-electron chi connectivity index (χ4n) is 1.56. The number of nitro groups is 1. The molecular weight excluding hydrogens is 357 g/mol. The Morgan fingerprint density at radius 2 is 1.95 bits per heavy atom. The van der Waals surface area contributed by atoms with Crippen LogP contribution in [0.15, 0.2) is 52.0 Å². The van der Waals surface area contributed by atoms with E-state index in [0.29, 0.717) is 5.56 Å². The second kappa shape index (κ2) is 6.90. The number of non-ortho nitro benzene ring substituents is 1. The zero-order valence-electron chi connectivity index (χ0n) is 11.0. The summed E-state index contributed by atoms with van der Waals surface area (Å²) in [6, 6.07) is 9.41. The van der Waals surface area contributed by atoms with E-state index in [-0.39, 0.29) is 15.7 Å². The van der Waals surface area contributed by atoms with Gasteiger partial charge in [-0.05, 0) is 45.8 Å². The molecule has 6 nitrogen and oxygen atoms in total. The van der Waals surface area contributed by atoms with Crippen molar-refractivity contribution < 1.29 is 14.1 Å². The number of hydrogen-bond acceptors (Lipinski definition) is 4. The van der Waals surface area contributed by atoms with Crippen molar-refractivity contribution in [3.05, 3.63) is 74.0 Å². The van der Waals surface area contributed by atoms with E-state index in [4.69, 9.17) is 0 Å². The first kappa shape index (κ1) is 15.8. The molecule has 8 heteroatoms. The lowest BCUT2D eigenvalue weighted by Crippen LogP contribution is -2.17. The SMILES string of the molecule is O=C(N/N=C/c1ccc(F)c(Br)c1)c1ccc([N+](=O)[O-])cc1. The molecule has 0 aliphatic heterocycles. The fraction of sp³-hybridized carbons (Fsp3) is 0. The molecule has 0 aliphatic rings. The van der Waals surface area contributed by atoms with Crippen LogP contribution >= 0.6 is 15.9 Å². The predicted molar refractivity (Wildman–Crippen MR) is 82.3 cm³/mol. The minimum Gasteiger partial charge on any atom is -0.267 e. The molecule has 0 spiro atoms. The van der Waals surface area contributed by atoms with Gasteiger partial charge in [-0.3, -0.25) is 14.9 Å². The van der Waals surface area contributed by atoms with Crippen molar-refractivity contribution in [1.82, 2.24) is 5.43 Å². The Bertz CT molecular complexity index is 747. The van der Waals surface area contributed by atoms with Gasteiger partial charge in [-0.1, -0.05) is 6.07 Å². The van der Waals surface area contributed by atoms with Crippen LogP contribution in [0.25, 0.3) is 0 Å². The number of amides is 1. The molecule has 0 bridgehead atoms. The number of halogens is 2. The first-order valence-electron chi connectivity index (χ1n) is 6.00. The minimum atomic E-state index is -0.549. The number of nitrogens with one attached hydrogen (secondary N) is 1. The van der Waals surface area contributed by atoms with Gasteiger partial charge < -0.3 is 0 Å². The number of hydrogen-bond donors (Lipinski definition) is 1. The van der Waals surface area contributed by atoms with E-state index < -0.39 is 16.6 Å². The average Bonchev–Trinajstić information content (AvgIpc) is 2.51. The number of benzene rings is 2. The quantitative estimate of drug-likeness (QED) is 0.512. The van der Waals surface area contributed by atoms with E-state index in [1.807, 2.05) is 0 Å². The van der Waals surface area contributed by atoms with Crippen molar-refractivity contribution in [3.8, 4) is 0 Å². The maximum Gasteiger partial charge on any atom is 0.271 e. The van der Waals surface area contributed by atoms with Crippen molar-refractivity contribution in [2.45, 2.75) is 0 Å². The van der Waals surface area contributed by atoms with Crippen molar-refractivity contribution in [2.75, 3.05) is 0 Å². The van der Waals surface area contributed by atoms with Crippen molar-refractivity contribution >= 4 is 33.7 Å². The second-order valence-corrected chi connectivity index (χ2v) is 5.03. The van der Waals surface area contributed by atoms with Gasteiger partial charge in [0.1, 0.15) is 5.82 Å². The maximum atomic E-state index is 13.1. The zero-order chi connectivity index (χ0) is 16.1. The Balaban J connectivity index is 2.01. The van der Waals surface area contributed by atoms with Crippen LogP contribution in [-0.4, -0.2) is 17.0 Å². The highest BCUT2D eigenvalue weighted by Crippen LogP contribution is 2.15. The number of rotatable bonds is 4.